The van der Waals surface area contributed by atoms with E-state index in [4.69, 9.17) is 0 Å². The van der Waals surface area contributed by atoms with Crippen molar-refractivity contribution in [1.29, 1.82) is 0 Å². The third-order valence-electron chi connectivity index (χ3n) is 1.95. The van der Waals surface area contributed by atoms with E-state index < -0.39 is 0 Å². The molecule has 98 valence electrons. The second kappa shape index (κ2) is 10.3. The summed E-state index contributed by atoms with van der Waals surface area (Å²) in [4.78, 5) is 8.19. The molecule has 3 heteroatoms. The number of nitrogens with one attached hydrogen (secondary N) is 1. The maximum Gasteiger partial charge on any atom is 0.133 e. The number of hydrogen-bond donors (Lipinski definition) is 1. The summed E-state index contributed by atoms with van der Waals surface area (Å²) in [7, 11) is 0. The zero-order valence-corrected chi connectivity index (χ0v) is 11.9. The quantitative estimate of drug-likeness (QED) is 0.841. The van der Waals surface area contributed by atoms with Crippen molar-refractivity contribution in [3.63, 3.8) is 0 Å². The summed E-state index contributed by atoms with van der Waals surface area (Å²) in [5.74, 6) is 0.888. The molecule has 0 aliphatic carbocycles. The molecule has 2 rings (SSSR count). The molecule has 2 aromatic heterocycles. The van der Waals surface area contributed by atoms with E-state index in [1.54, 1.807) is 18.6 Å². The summed E-state index contributed by atoms with van der Waals surface area (Å²) < 4.78 is 0. The van der Waals surface area contributed by atoms with E-state index in [1.165, 1.54) is 0 Å². The summed E-state index contributed by atoms with van der Waals surface area (Å²) in [6.45, 7) is 10.0. The van der Waals surface area contributed by atoms with E-state index >= 15 is 0 Å². The summed E-state index contributed by atoms with van der Waals surface area (Å²) in [6, 6.07) is 7.77. The summed E-state index contributed by atoms with van der Waals surface area (Å²) in [5, 5.41) is 3.22. The Labute approximate surface area is 110 Å². The van der Waals surface area contributed by atoms with Crippen LogP contribution in [0.4, 0.5) is 11.5 Å². The topological polar surface area (TPSA) is 37.8 Å². The number of aryl methyl sites for hydroxylation is 1. The molecule has 0 bridgehead atoms. The molecule has 0 unspecified atom stereocenters. The SMILES string of the molecule is CC.CC.Cc1cccnc1Nc1ccncc1. The predicted octanol–water partition coefficient (Wildman–Crippen LogP) is 4.58. The van der Waals surface area contributed by atoms with Crippen LogP contribution in [0.3, 0.4) is 0 Å². The van der Waals surface area contributed by atoms with Crippen molar-refractivity contribution >= 4 is 11.5 Å². The van der Waals surface area contributed by atoms with Crippen molar-refractivity contribution in [3.8, 4) is 0 Å². The molecule has 18 heavy (non-hydrogen) atoms. The summed E-state index contributed by atoms with van der Waals surface area (Å²) in [5.41, 5.74) is 2.13. The fourth-order valence-electron chi connectivity index (χ4n) is 1.19. The first-order valence-corrected chi connectivity index (χ1v) is 6.45. The molecule has 0 saturated heterocycles. The van der Waals surface area contributed by atoms with Crippen LogP contribution in [0.15, 0.2) is 42.9 Å². The Morgan fingerprint density at radius 2 is 1.50 bits per heavy atom. The molecule has 0 aromatic carbocycles. The third-order valence-corrected chi connectivity index (χ3v) is 1.95. The average Bonchev–Trinajstić information content (AvgIpc) is 2.47. The number of aromatic nitrogens is 2. The van der Waals surface area contributed by atoms with Crippen LogP contribution in [0.25, 0.3) is 0 Å². The normalized spacial score (nSPS) is 8.28. The van der Waals surface area contributed by atoms with Crippen LogP contribution in [-0.2, 0) is 0 Å². The Balaban J connectivity index is 0.000000659. The Morgan fingerprint density at radius 1 is 0.889 bits per heavy atom. The lowest BCUT2D eigenvalue weighted by Crippen LogP contribution is -1.95. The van der Waals surface area contributed by atoms with Crippen molar-refractivity contribution < 1.29 is 0 Å². The second-order valence-electron chi connectivity index (χ2n) is 3.03. The van der Waals surface area contributed by atoms with E-state index in [0.717, 1.165) is 17.1 Å². The van der Waals surface area contributed by atoms with Crippen LogP contribution in [0, 0.1) is 6.92 Å². The van der Waals surface area contributed by atoms with Crippen LogP contribution in [0.5, 0.6) is 0 Å². The van der Waals surface area contributed by atoms with Crippen molar-refractivity contribution in [2.75, 3.05) is 5.32 Å². The lowest BCUT2D eigenvalue weighted by Gasteiger charge is -2.06. The lowest BCUT2D eigenvalue weighted by molar-refractivity contribution is 1.25. The van der Waals surface area contributed by atoms with Crippen molar-refractivity contribution in [3.05, 3.63) is 48.4 Å². The van der Waals surface area contributed by atoms with Crippen LogP contribution in [0.1, 0.15) is 33.3 Å². The van der Waals surface area contributed by atoms with Gasteiger partial charge in [-0.1, -0.05) is 33.8 Å². The first kappa shape index (κ1) is 16.1. The monoisotopic (exact) mass is 245 g/mol. The van der Waals surface area contributed by atoms with Gasteiger partial charge in [0, 0.05) is 24.3 Å². The van der Waals surface area contributed by atoms with Gasteiger partial charge in [0.05, 0.1) is 0 Å². The van der Waals surface area contributed by atoms with Crippen LogP contribution >= 0.6 is 0 Å². The lowest BCUT2D eigenvalue weighted by atomic mass is 10.3. The maximum absolute atomic E-state index is 4.24. The minimum atomic E-state index is 0.888. The molecule has 0 aliphatic heterocycles. The fourth-order valence-corrected chi connectivity index (χ4v) is 1.19. The molecule has 0 fully saturated rings. The largest absolute Gasteiger partial charge is 0.340 e. The Bertz CT molecular complexity index is 413. The highest BCUT2D eigenvalue weighted by Gasteiger charge is 1.97. The highest BCUT2D eigenvalue weighted by atomic mass is 15.0. The minimum Gasteiger partial charge on any atom is -0.340 e. The van der Waals surface area contributed by atoms with Gasteiger partial charge in [-0.25, -0.2) is 4.98 Å². The van der Waals surface area contributed by atoms with Gasteiger partial charge in [0.1, 0.15) is 5.82 Å². The zero-order valence-electron chi connectivity index (χ0n) is 11.9. The van der Waals surface area contributed by atoms with E-state index in [9.17, 15) is 0 Å². The van der Waals surface area contributed by atoms with Gasteiger partial charge in [-0.3, -0.25) is 4.98 Å². The smallest absolute Gasteiger partial charge is 0.133 e. The summed E-state index contributed by atoms with van der Waals surface area (Å²) >= 11 is 0. The molecule has 0 spiro atoms. The number of hydrogen-bond acceptors (Lipinski definition) is 3. The maximum atomic E-state index is 4.24. The molecule has 2 aromatic rings. The van der Waals surface area contributed by atoms with Crippen LogP contribution in [0.2, 0.25) is 0 Å². The molecule has 3 nitrogen and oxygen atoms in total. The van der Waals surface area contributed by atoms with Gasteiger partial charge in [0.2, 0.25) is 0 Å². The van der Waals surface area contributed by atoms with E-state index in [2.05, 4.69) is 15.3 Å². The highest BCUT2D eigenvalue weighted by Crippen LogP contribution is 2.15. The van der Waals surface area contributed by atoms with Gasteiger partial charge in [-0.15, -0.1) is 0 Å². The number of anilines is 2. The zero-order chi connectivity index (χ0) is 13.8. The first-order valence-electron chi connectivity index (χ1n) is 6.45. The van der Waals surface area contributed by atoms with Gasteiger partial charge in [0.25, 0.3) is 0 Å². The molecule has 0 radical (unpaired) electrons. The number of nitrogens with zero attached hydrogens (tertiary/aromatic N) is 2. The molecule has 2 heterocycles. The molecule has 1 N–H and O–H groups in total. The van der Waals surface area contributed by atoms with Crippen LogP contribution < -0.4 is 5.32 Å². The van der Waals surface area contributed by atoms with Gasteiger partial charge < -0.3 is 5.32 Å². The summed E-state index contributed by atoms with van der Waals surface area (Å²) in [6.07, 6.45) is 5.28. The predicted molar refractivity (Wildman–Crippen MR) is 79.2 cm³/mol. The number of rotatable bonds is 2. The molecule has 0 atom stereocenters. The third kappa shape index (κ3) is 5.43. The van der Waals surface area contributed by atoms with Crippen LogP contribution in [-0.4, -0.2) is 9.97 Å². The van der Waals surface area contributed by atoms with Crippen molar-refractivity contribution in [1.82, 2.24) is 9.97 Å². The van der Waals surface area contributed by atoms with Gasteiger partial charge >= 0.3 is 0 Å². The molecular weight excluding hydrogens is 222 g/mol. The van der Waals surface area contributed by atoms with Crippen molar-refractivity contribution in [2.24, 2.45) is 0 Å². The van der Waals surface area contributed by atoms with E-state index in [-0.39, 0.29) is 0 Å². The second-order valence-corrected chi connectivity index (χ2v) is 3.03. The fraction of sp³-hybridized carbons (Fsp3) is 0.333. The molecule has 0 amide bonds. The van der Waals surface area contributed by atoms with Gasteiger partial charge in [-0.05, 0) is 30.7 Å². The minimum absolute atomic E-state index is 0.888. The van der Waals surface area contributed by atoms with E-state index in [0.29, 0.717) is 0 Å². The molecule has 0 aliphatic rings. The standard InChI is InChI=1S/C11H11N3.2C2H6/c1-9-3-2-6-13-11(9)14-10-4-7-12-8-5-10;2*1-2/h2-8H,1H3,(H,12,13,14);2*1-2H3. The number of pyridine rings is 2. The average molecular weight is 245 g/mol. The Hall–Kier alpha value is -1.90. The van der Waals surface area contributed by atoms with Gasteiger partial charge in [0.15, 0.2) is 0 Å². The van der Waals surface area contributed by atoms with Crippen molar-refractivity contribution in [2.45, 2.75) is 34.6 Å². The molecule has 0 saturated carbocycles. The van der Waals surface area contributed by atoms with Gasteiger partial charge in [-0.2, -0.15) is 0 Å². The Kier molecular flexibility index (Phi) is 9.18. The first-order chi connectivity index (χ1) is 8.86. The Morgan fingerprint density at radius 3 is 2.06 bits per heavy atom. The highest BCUT2D eigenvalue weighted by molar-refractivity contribution is 5.57. The molecular formula is C15H23N3. The van der Waals surface area contributed by atoms with E-state index in [1.807, 2.05) is 58.9 Å².